The minimum Gasteiger partial charge on any atom is -0.474 e. The second-order valence-electron chi connectivity index (χ2n) is 11.0. The molecule has 5 aromatic rings. The van der Waals surface area contributed by atoms with Gasteiger partial charge in [0.15, 0.2) is 0 Å². The number of hydrogen-bond acceptors (Lipinski definition) is 9. The quantitative estimate of drug-likeness (QED) is 0.121. The van der Waals surface area contributed by atoms with Gasteiger partial charge in [-0.15, -0.1) is 0 Å². The van der Waals surface area contributed by atoms with Crippen LogP contribution in [0.4, 0.5) is 0 Å². The molecule has 10 nitrogen and oxygen atoms in total. The van der Waals surface area contributed by atoms with E-state index >= 15 is 0 Å². The van der Waals surface area contributed by atoms with Crippen LogP contribution in [0.3, 0.4) is 0 Å². The number of nitrogens with zero attached hydrogens (tertiary/aromatic N) is 4. The summed E-state index contributed by atoms with van der Waals surface area (Å²) in [6.45, 7) is 4.97. The molecule has 0 N–H and O–H groups in total. The van der Waals surface area contributed by atoms with E-state index in [1.54, 1.807) is 6.20 Å². The molecule has 0 spiro atoms. The number of aromatic nitrogens is 4. The summed E-state index contributed by atoms with van der Waals surface area (Å²) in [5, 5.41) is 2.19. The van der Waals surface area contributed by atoms with Gasteiger partial charge in [-0.2, -0.15) is 0 Å². The van der Waals surface area contributed by atoms with Crippen molar-refractivity contribution in [1.82, 2.24) is 19.5 Å². The minimum atomic E-state index is 0.110. The molecule has 0 aliphatic heterocycles. The molecule has 1 fully saturated rings. The summed E-state index contributed by atoms with van der Waals surface area (Å²) >= 11 is 0. The van der Waals surface area contributed by atoms with Crippen molar-refractivity contribution >= 4 is 21.9 Å². The van der Waals surface area contributed by atoms with E-state index in [1.165, 1.54) is 0 Å². The largest absolute Gasteiger partial charge is 0.474 e. The monoisotopic (exact) mass is 612 g/mol. The Hall–Kier alpha value is -3.93. The summed E-state index contributed by atoms with van der Waals surface area (Å²) < 4.78 is 36.3. The van der Waals surface area contributed by atoms with Gasteiger partial charge in [0, 0.05) is 60.9 Å². The summed E-state index contributed by atoms with van der Waals surface area (Å²) in [6, 6.07) is 20.2. The topological polar surface area (TPSA) is 99.0 Å². The first-order chi connectivity index (χ1) is 22.2. The molecule has 1 aliphatic rings. The highest BCUT2D eigenvalue weighted by Crippen LogP contribution is 2.30. The zero-order valence-corrected chi connectivity index (χ0v) is 25.7. The molecule has 0 saturated heterocycles. The van der Waals surface area contributed by atoms with Gasteiger partial charge in [-0.05, 0) is 29.8 Å². The molecule has 236 valence electrons. The van der Waals surface area contributed by atoms with Crippen LogP contribution >= 0.6 is 0 Å². The van der Waals surface area contributed by atoms with E-state index < -0.39 is 0 Å². The van der Waals surface area contributed by atoms with Gasteiger partial charge in [0.1, 0.15) is 11.8 Å². The molecule has 4 aromatic heterocycles. The Kier molecular flexibility index (Phi) is 11.0. The summed E-state index contributed by atoms with van der Waals surface area (Å²) in [6.07, 6.45) is 7.50. The molecule has 1 aromatic carbocycles. The van der Waals surface area contributed by atoms with Gasteiger partial charge in [0.2, 0.25) is 5.88 Å². The van der Waals surface area contributed by atoms with E-state index in [0.717, 1.165) is 51.6 Å². The predicted molar refractivity (Wildman–Crippen MR) is 171 cm³/mol. The molecule has 0 atom stereocenters. The van der Waals surface area contributed by atoms with Crippen LogP contribution in [0.1, 0.15) is 18.4 Å². The molecule has 6 rings (SSSR count). The molecule has 1 aliphatic carbocycles. The second-order valence-corrected chi connectivity index (χ2v) is 11.0. The van der Waals surface area contributed by atoms with Crippen molar-refractivity contribution in [3.05, 3.63) is 84.8 Å². The van der Waals surface area contributed by atoms with E-state index in [1.807, 2.05) is 74.0 Å². The van der Waals surface area contributed by atoms with Gasteiger partial charge in [-0.1, -0.05) is 30.3 Å². The molecule has 0 bridgehead atoms. The zero-order chi connectivity index (χ0) is 30.7. The first kappa shape index (κ1) is 31.1. The highest BCUT2D eigenvalue weighted by atomic mass is 16.6. The predicted octanol–water partition coefficient (Wildman–Crippen LogP) is 5.38. The smallest absolute Gasteiger partial charge is 0.213 e. The third kappa shape index (κ3) is 8.42. The fourth-order valence-corrected chi connectivity index (χ4v) is 5.30. The summed E-state index contributed by atoms with van der Waals surface area (Å²) in [7, 11) is 2.03. The van der Waals surface area contributed by atoms with Crippen LogP contribution in [0, 0.1) is 0 Å². The fraction of sp³-hybridized carbons (Fsp3) is 0.400. The Balaban J connectivity index is 0.785. The highest BCUT2D eigenvalue weighted by molar-refractivity contribution is 6.06. The van der Waals surface area contributed by atoms with Crippen LogP contribution in [0.15, 0.2) is 79.3 Å². The lowest BCUT2D eigenvalue weighted by molar-refractivity contribution is -0.0798. The number of rotatable bonds is 18. The minimum absolute atomic E-state index is 0.110. The Labute approximate surface area is 263 Å². The van der Waals surface area contributed by atoms with Crippen LogP contribution in [0.2, 0.25) is 0 Å². The van der Waals surface area contributed by atoms with Gasteiger partial charge in [0.05, 0.1) is 76.8 Å². The van der Waals surface area contributed by atoms with E-state index in [4.69, 9.17) is 33.4 Å². The Morgan fingerprint density at radius 3 is 2.18 bits per heavy atom. The van der Waals surface area contributed by atoms with Crippen molar-refractivity contribution in [3.63, 3.8) is 0 Å². The molecule has 0 radical (unpaired) electrons. The van der Waals surface area contributed by atoms with Gasteiger partial charge < -0.3 is 33.0 Å². The van der Waals surface area contributed by atoms with Gasteiger partial charge in [-0.25, -0.2) is 9.97 Å². The third-order valence-corrected chi connectivity index (χ3v) is 7.82. The normalized spacial score (nSPS) is 16.3. The van der Waals surface area contributed by atoms with E-state index in [9.17, 15) is 0 Å². The summed E-state index contributed by atoms with van der Waals surface area (Å²) in [5.74, 6) is 0.615. The standard InChI is InChI=1S/C35H40N4O6/c1-39-33-11-12-36-24-31(33)30-8-9-32(38-35(30)39)27-7-10-34(37-23-27)45-29-21-28(22-29)44-20-19-42-16-15-40-13-14-41-17-18-43-25-26-5-3-2-4-6-26/h2-12,23-24,28-29H,13-22,25H2,1H3. The zero-order valence-electron chi connectivity index (χ0n) is 25.7. The van der Waals surface area contributed by atoms with E-state index in [2.05, 4.69) is 20.6 Å². The van der Waals surface area contributed by atoms with E-state index in [0.29, 0.717) is 65.3 Å². The van der Waals surface area contributed by atoms with E-state index in [-0.39, 0.29) is 12.2 Å². The van der Waals surface area contributed by atoms with Crippen molar-refractivity contribution in [3.8, 4) is 17.1 Å². The average molecular weight is 613 g/mol. The number of benzene rings is 1. The maximum Gasteiger partial charge on any atom is 0.213 e. The SMILES string of the molecule is Cn1c2ccncc2c2ccc(-c3ccc(OC4CC(OCCOCCOCCOCCOCc5ccccc5)C4)nc3)nc21. The van der Waals surface area contributed by atoms with Crippen molar-refractivity contribution in [1.29, 1.82) is 0 Å². The van der Waals surface area contributed by atoms with Crippen molar-refractivity contribution in [2.45, 2.75) is 31.7 Å². The van der Waals surface area contributed by atoms with Crippen LogP contribution in [-0.2, 0) is 37.3 Å². The molecule has 45 heavy (non-hydrogen) atoms. The van der Waals surface area contributed by atoms with Crippen LogP contribution in [0.25, 0.3) is 33.2 Å². The summed E-state index contributed by atoms with van der Waals surface area (Å²) in [4.78, 5) is 13.7. The molecular formula is C35H40N4O6. The number of ether oxygens (including phenoxy) is 6. The molecule has 4 heterocycles. The first-order valence-electron chi connectivity index (χ1n) is 15.5. The lowest BCUT2D eigenvalue weighted by Crippen LogP contribution is -2.40. The third-order valence-electron chi connectivity index (χ3n) is 7.82. The Morgan fingerprint density at radius 1 is 0.711 bits per heavy atom. The number of fused-ring (bicyclic) bond motifs is 3. The molecule has 10 heteroatoms. The lowest BCUT2D eigenvalue weighted by Gasteiger charge is -2.34. The van der Waals surface area contributed by atoms with Crippen molar-refractivity contribution in [2.75, 3.05) is 52.9 Å². The Morgan fingerprint density at radius 2 is 1.44 bits per heavy atom. The first-order valence-corrected chi connectivity index (χ1v) is 15.5. The van der Waals surface area contributed by atoms with Crippen molar-refractivity contribution < 1.29 is 28.4 Å². The number of aryl methyl sites for hydroxylation is 1. The van der Waals surface area contributed by atoms with Crippen LogP contribution < -0.4 is 4.74 Å². The number of hydrogen-bond donors (Lipinski definition) is 0. The lowest BCUT2D eigenvalue weighted by atomic mass is 9.92. The molecule has 0 amide bonds. The average Bonchev–Trinajstić information content (AvgIpc) is 3.35. The van der Waals surface area contributed by atoms with Gasteiger partial charge in [0.25, 0.3) is 0 Å². The van der Waals surface area contributed by atoms with Crippen LogP contribution in [-0.4, -0.2) is 84.6 Å². The Bertz CT molecular complexity index is 1620. The second kappa shape index (κ2) is 15.9. The van der Waals surface area contributed by atoms with Crippen molar-refractivity contribution in [2.24, 2.45) is 7.05 Å². The van der Waals surface area contributed by atoms with Gasteiger partial charge in [-0.3, -0.25) is 4.98 Å². The maximum absolute atomic E-state index is 6.05. The number of pyridine rings is 3. The van der Waals surface area contributed by atoms with Crippen LogP contribution in [0.5, 0.6) is 5.88 Å². The summed E-state index contributed by atoms with van der Waals surface area (Å²) in [5.41, 5.74) is 5.02. The van der Waals surface area contributed by atoms with Gasteiger partial charge >= 0.3 is 0 Å². The fourth-order valence-electron chi connectivity index (χ4n) is 5.30. The highest BCUT2D eigenvalue weighted by Gasteiger charge is 2.31. The molecular weight excluding hydrogens is 572 g/mol. The molecule has 0 unspecified atom stereocenters. The molecule has 1 saturated carbocycles. The maximum atomic E-state index is 6.05.